The van der Waals surface area contributed by atoms with Gasteiger partial charge in [0.2, 0.25) is 0 Å². The number of imidazole rings is 3. The van der Waals surface area contributed by atoms with Gasteiger partial charge in [0.25, 0.3) is 17.7 Å². The van der Waals surface area contributed by atoms with Crippen LogP contribution in [0, 0.1) is 17.5 Å². The maximum Gasteiger partial charge on any atom is 0.254 e. The van der Waals surface area contributed by atoms with Crippen molar-refractivity contribution >= 4 is 69.2 Å². The van der Waals surface area contributed by atoms with E-state index in [1.54, 1.807) is 51.4 Å². The number of benzene rings is 3. The van der Waals surface area contributed by atoms with Gasteiger partial charge < -0.3 is 60.7 Å². The Kier molecular flexibility index (Phi) is 21.7. The number of aliphatic hydroxyl groups is 1. The van der Waals surface area contributed by atoms with Crippen molar-refractivity contribution in [1.29, 1.82) is 0 Å². The van der Waals surface area contributed by atoms with E-state index in [9.17, 15) is 32.7 Å². The van der Waals surface area contributed by atoms with Crippen LogP contribution >= 0.6 is 0 Å². The summed E-state index contributed by atoms with van der Waals surface area (Å²) in [7, 11) is 3.54. The van der Waals surface area contributed by atoms with Crippen molar-refractivity contribution in [2.24, 2.45) is 0 Å². The molecule has 6 fully saturated rings. The summed E-state index contributed by atoms with van der Waals surface area (Å²) >= 11 is 0. The van der Waals surface area contributed by atoms with E-state index in [1.807, 2.05) is 67.8 Å². The molecule has 0 bridgehead atoms. The number of carbonyl (C=O) groups is 3. The molecular weight excluding hydrogens is 1520 g/mol. The van der Waals surface area contributed by atoms with Gasteiger partial charge in [0, 0.05) is 184 Å². The van der Waals surface area contributed by atoms with E-state index >= 15 is 0 Å². The molecule has 612 valence electrons. The molecule has 21 rings (SSSR count). The number of aliphatic hydroxyl groups excluding tert-OH is 1. The molecule has 0 unspecified atom stereocenters. The first-order valence-electron chi connectivity index (χ1n) is 40.8. The summed E-state index contributed by atoms with van der Waals surface area (Å²) in [6, 6.07) is 32.4. The summed E-state index contributed by atoms with van der Waals surface area (Å²) in [5.41, 5.74) is 19.7. The van der Waals surface area contributed by atoms with Crippen LogP contribution in [-0.2, 0) is 63.0 Å². The number of halogens is 3. The molecule has 7 N–H and O–H groups in total. The van der Waals surface area contributed by atoms with Crippen LogP contribution in [0.1, 0.15) is 138 Å². The lowest BCUT2D eigenvalue weighted by molar-refractivity contribution is 0.0958. The lowest BCUT2D eigenvalue weighted by Gasteiger charge is -2.21. The van der Waals surface area contributed by atoms with Crippen LogP contribution in [0.25, 0.3) is 50.7 Å². The predicted octanol–water partition coefficient (Wildman–Crippen LogP) is 12.1. The minimum atomic E-state index is -0.347. The zero-order valence-corrected chi connectivity index (χ0v) is 66.0. The van der Waals surface area contributed by atoms with Gasteiger partial charge in [0.1, 0.15) is 51.8 Å². The molecule has 30 heteroatoms. The minimum absolute atomic E-state index is 0.137. The number of nitrogens with one attached hydrogen (secondary N) is 6. The fourth-order valence-electron chi connectivity index (χ4n) is 18.4. The van der Waals surface area contributed by atoms with Crippen LogP contribution in [0.3, 0.4) is 0 Å². The second kappa shape index (κ2) is 33.3. The average molecular weight is 1610 g/mol. The quantitative estimate of drug-likeness (QED) is 0.0373. The summed E-state index contributed by atoms with van der Waals surface area (Å²) < 4.78 is 74.8. The van der Waals surface area contributed by atoms with Crippen molar-refractivity contribution in [2.75, 3.05) is 109 Å². The van der Waals surface area contributed by atoms with Gasteiger partial charge in [0.05, 0.1) is 125 Å². The molecule has 18 heterocycles. The third-order valence-corrected chi connectivity index (χ3v) is 24.6. The first kappa shape index (κ1) is 77.3. The maximum atomic E-state index is 13.7. The van der Waals surface area contributed by atoms with Gasteiger partial charge in [-0.3, -0.25) is 42.3 Å². The van der Waals surface area contributed by atoms with Crippen LogP contribution in [0.15, 0.2) is 146 Å². The molecule has 6 atom stereocenters. The Bertz CT molecular complexity index is 5660. The summed E-state index contributed by atoms with van der Waals surface area (Å²) in [6.45, 7) is 13.0. The molecule has 0 radical (unpaired) electrons. The topological polar surface area (TPSA) is 290 Å². The number of likely N-dealkylation sites (tertiary alicyclic amines) is 3. The number of fused-ring (bicyclic) bond motifs is 6. The normalized spacial score (nSPS) is 20.9. The van der Waals surface area contributed by atoms with E-state index in [0.29, 0.717) is 138 Å². The Labute approximate surface area is 683 Å². The molecule has 6 saturated heterocycles. The molecule has 3 aromatic carbocycles. The fourth-order valence-corrected chi connectivity index (χ4v) is 18.4. The van der Waals surface area contributed by atoms with Gasteiger partial charge in [-0.05, 0) is 127 Å². The molecule has 9 aliphatic rings. The third-order valence-electron chi connectivity index (χ3n) is 24.6. The van der Waals surface area contributed by atoms with Crippen LogP contribution in [0.5, 0.6) is 0 Å². The Balaban J connectivity index is 0.000000118. The van der Waals surface area contributed by atoms with E-state index in [4.69, 9.17) is 38.6 Å². The largest absolute Gasteiger partial charge is 0.392 e. The molecule has 0 spiro atoms. The molecule has 27 nitrogen and oxygen atoms in total. The van der Waals surface area contributed by atoms with Gasteiger partial charge in [0.15, 0.2) is 0 Å². The van der Waals surface area contributed by atoms with E-state index in [0.717, 1.165) is 172 Å². The third kappa shape index (κ3) is 15.8. The summed E-state index contributed by atoms with van der Waals surface area (Å²) in [4.78, 5) is 74.2. The lowest BCUT2D eigenvalue weighted by Crippen LogP contribution is -2.24. The minimum Gasteiger partial charge on any atom is -0.392 e. The first-order valence-corrected chi connectivity index (χ1v) is 40.8. The smallest absolute Gasteiger partial charge is 0.254 e. The molecule has 9 aliphatic heterocycles. The van der Waals surface area contributed by atoms with Crippen molar-refractivity contribution in [2.45, 2.75) is 114 Å². The summed E-state index contributed by atoms with van der Waals surface area (Å²) in [5, 5.41) is 29.2. The molecular formula is C89H91F3N18O9. The standard InChI is InChI=1S/2C30H31FN6O3.C29H29FN6O3/c2*1-39-20-7-9-36(15-20)16-25-21(18-8-11-40-17-18)3-5-27(35-25)34-24-4-2-22(23-13-33-30(38)29(23)24)26-14-32-28-12-19(31)6-10-37(26)28;30-18-5-9-36-25(13-31-27(36)11-18)21-1-3-23(28-22(21)12-32-29(28)38)33-26-4-2-20(17-7-10-39-16-17)24(34-26)15-35-8-6-19(37)14-35/h2*2-6,10,12,14,18,20H,7-9,11,13,15-17H2,1H3,(H,33,38)(H,34,35);1-5,9,11,13,17,19,37H,6-8,10,12,14-16H2,(H,32,38)(H,33,34)/t18-,20+;18-,20-;17-,19+/m011/s1. The highest BCUT2D eigenvalue weighted by atomic mass is 19.1. The number of β-amino-alcohol motifs (C(OH)–C–C–N with tert-alkyl or cyclic N) is 1. The zero-order chi connectivity index (χ0) is 80.9. The highest BCUT2D eigenvalue weighted by Crippen LogP contribution is 2.42. The number of anilines is 6. The first-order chi connectivity index (χ1) is 58.2. The van der Waals surface area contributed by atoms with Crippen LogP contribution in [-0.4, -0.2) is 192 Å². The van der Waals surface area contributed by atoms with E-state index in [2.05, 4.69) is 79.8 Å². The number of carbonyl (C=O) groups excluding carboxylic acids is 3. The average Bonchev–Trinajstić information content (AvgIpc) is 1.62. The number of hydrogen-bond donors (Lipinski definition) is 7. The fraction of sp³-hybridized carbons (Fsp3) is 0.360. The van der Waals surface area contributed by atoms with Gasteiger partial charge in [-0.1, -0.05) is 36.4 Å². The van der Waals surface area contributed by atoms with Crippen molar-refractivity contribution in [3.8, 4) is 33.8 Å². The van der Waals surface area contributed by atoms with Gasteiger partial charge in [-0.15, -0.1) is 0 Å². The van der Waals surface area contributed by atoms with Crippen molar-refractivity contribution in [1.82, 2.24) is 73.8 Å². The molecule has 0 aliphatic carbocycles. The second-order valence-electron chi connectivity index (χ2n) is 31.9. The maximum absolute atomic E-state index is 13.7. The Morgan fingerprint density at radius 2 is 0.773 bits per heavy atom. The molecule has 0 saturated carbocycles. The van der Waals surface area contributed by atoms with E-state index in [-0.39, 0.29) is 53.5 Å². The molecule has 9 aromatic heterocycles. The Hall–Kier alpha value is -11.6. The monoisotopic (exact) mass is 1610 g/mol. The van der Waals surface area contributed by atoms with Crippen LogP contribution < -0.4 is 31.9 Å². The van der Waals surface area contributed by atoms with Gasteiger partial charge in [-0.25, -0.2) is 43.1 Å². The number of amides is 3. The highest BCUT2D eigenvalue weighted by Gasteiger charge is 2.35. The number of rotatable bonds is 20. The molecule has 119 heavy (non-hydrogen) atoms. The summed E-state index contributed by atoms with van der Waals surface area (Å²) in [6.07, 6.45) is 16.1. The van der Waals surface area contributed by atoms with Crippen LogP contribution in [0.2, 0.25) is 0 Å². The number of hydrogen-bond acceptors (Lipinski definition) is 21. The number of ether oxygens (including phenoxy) is 5. The van der Waals surface area contributed by atoms with Crippen molar-refractivity contribution in [3.63, 3.8) is 0 Å². The lowest BCUT2D eigenvalue weighted by atomic mass is 9.96. The molecule has 3 amide bonds. The summed E-state index contributed by atoms with van der Waals surface area (Å²) in [5.74, 6) is 1.58. The number of aromatic nitrogens is 9. The van der Waals surface area contributed by atoms with Crippen molar-refractivity contribution < 1.29 is 56.3 Å². The van der Waals surface area contributed by atoms with E-state index in [1.165, 1.54) is 53.1 Å². The SMILES string of the molecule is CO[C@@H]1CCN(Cc2nc(Nc3ccc(-c4cnc5cc(F)ccn45)c4c3C(=O)NC4)ccc2[C@@H]2CCOC2)C1.CO[C@@H]1CCN(Cc2nc(Nc3ccc(-c4cnc5cc(F)ccn45)c4c3C(=O)NC4)ccc2[C@H]2CCOC2)C1.O=C1NCc2c(-c3cnc4cc(F)ccn34)ccc(Nc3ccc([C@@H]4CCOC4)c(CN4CC[C@H](O)C4)n3)c21. The van der Waals surface area contributed by atoms with Crippen molar-refractivity contribution in [3.05, 3.63) is 231 Å². The predicted molar refractivity (Wildman–Crippen MR) is 440 cm³/mol. The number of methoxy groups -OCH3 is 2. The van der Waals surface area contributed by atoms with Crippen LogP contribution in [0.4, 0.5) is 47.7 Å². The highest BCUT2D eigenvalue weighted by molar-refractivity contribution is 6.08. The number of pyridine rings is 6. The molecule has 12 aromatic rings. The van der Waals surface area contributed by atoms with Gasteiger partial charge in [-0.2, -0.15) is 0 Å². The van der Waals surface area contributed by atoms with E-state index < -0.39 is 0 Å². The Morgan fingerprint density at radius 1 is 0.437 bits per heavy atom. The van der Waals surface area contributed by atoms with Gasteiger partial charge >= 0.3 is 0 Å². The zero-order valence-electron chi connectivity index (χ0n) is 66.0. The Morgan fingerprint density at radius 3 is 1.08 bits per heavy atom. The second-order valence-corrected chi connectivity index (χ2v) is 31.9. The number of nitrogens with zero attached hydrogens (tertiary/aromatic N) is 12.